The average molecular weight is 280 g/mol. The van der Waals surface area contributed by atoms with E-state index in [-0.39, 0.29) is 5.75 Å². The summed E-state index contributed by atoms with van der Waals surface area (Å²) in [6.45, 7) is 0.512. The van der Waals surface area contributed by atoms with Crippen LogP contribution in [0.15, 0.2) is 12.1 Å². The fraction of sp³-hybridized carbons (Fsp3) is 0.647. The molecule has 1 aromatic rings. The van der Waals surface area contributed by atoms with Gasteiger partial charge in [-0.25, -0.2) is 4.39 Å². The van der Waals surface area contributed by atoms with Crippen LogP contribution in [0.3, 0.4) is 0 Å². The molecule has 0 saturated heterocycles. The van der Waals surface area contributed by atoms with Crippen molar-refractivity contribution in [2.24, 2.45) is 11.8 Å². The molecule has 0 N–H and O–H groups in total. The van der Waals surface area contributed by atoms with Crippen LogP contribution in [0.2, 0.25) is 0 Å². The molecule has 0 aromatic heterocycles. The zero-order valence-corrected chi connectivity index (χ0v) is 11.8. The van der Waals surface area contributed by atoms with Crippen LogP contribution < -0.4 is 4.74 Å². The summed E-state index contributed by atoms with van der Waals surface area (Å²) in [5.41, 5.74) is 0.505. The zero-order valence-electron chi connectivity index (χ0n) is 11.8. The Morgan fingerprint density at radius 2 is 1.60 bits per heavy atom. The van der Waals surface area contributed by atoms with Gasteiger partial charge in [0.2, 0.25) is 5.82 Å². The van der Waals surface area contributed by atoms with Gasteiger partial charge in [-0.2, -0.15) is 4.39 Å². The predicted octanol–water partition coefficient (Wildman–Crippen LogP) is 4.88. The maximum atomic E-state index is 14.1. The summed E-state index contributed by atoms with van der Waals surface area (Å²) >= 11 is 0. The van der Waals surface area contributed by atoms with Crippen molar-refractivity contribution >= 4 is 0 Å². The van der Waals surface area contributed by atoms with E-state index in [0.29, 0.717) is 30.4 Å². The molecular formula is C17H22F2O. The van der Waals surface area contributed by atoms with Crippen LogP contribution in [0.25, 0.3) is 0 Å². The number of rotatable bonds is 5. The van der Waals surface area contributed by atoms with Gasteiger partial charge in [-0.15, -0.1) is 0 Å². The Bertz CT molecular complexity index is 462. The van der Waals surface area contributed by atoms with Gasteiger partial charge in [-0.1, -0.05) is 38.2 Å². The summed E-state index contributed by atoms with van der Waals surface area (Å²) in [6, 6.07) is 3.30. The van der Waals surface area contributed by atoms with Crippen molar-refractivity contribution in [2.75, 3.05) is 6.61 Å². The van der Waals surface area contributed by atoms with Crippen LogP contribution in [0.4, 0.5) is 8.78 Å². The molecule has 2 saturated carbocycles. The van der Waals surface area contributed by atoms with Crippen LogP contribution in [0, 0.1) is 23.5 Å². The van der Waals surface area contributed by atoms with Crippen LogP contribution in [0.5, 0.6) is 5.75 Å². The van der Waals surface area contributed by atoms with E-state index in [2.05, 4.69) is 0 Å². The summed E-state index contributed by atoms with van der Waals surface area (Å²) in [4.78, 5) is 0. The highest BCUT2D eigenvalue weighted by Crippen LogP contribution is 2.32. The van der Waals surface area contributed by atoms with E-state index in [1.807, 2.05) is 0 Å². The summed E-state index contributed by atoms with van der Waals surface area (Å²) < 4.78 is 33.5. The van der Waals surface area contributed by atoms with Gasteiger partial charge in [-0.3, -0.25) is 0 Å². The minimum Gasteiger partial charge on any atom is -0.490 e. The van der Waals surface area contributed by atoms with Crippen molar-refractivity contribution in [3.05, 3.63) is 29.3 Å². The van der Waals surface area contributed by atoms with Crippen molar-refractivity contribution in [1.29, 1.82) is 0 Å². The summed E-state index contributed by atoms with van der Waals surface area (Å²) in [7, 11) is 0. The summed E-state index contributed by atoms with van der Waals surface area (Å²) in [5.74, 6) is -0.395. The zero-order chi connectivity index (χ0) is 13.9. The van der Waals surface area contributed by atoms with Gasteiger partial charge in [0.15, 0.2) is 11.6 Å². The van der Waals surface area contributed by atoms with E-state index >= 15 is 0 Å². The quantitative estimate of drug-likeness (QED) is 0.747. The lowest BCUT2D eigenvalue weighted by atomic mass is 9.86. The second-order valence-corrected chi connectivity index (χ2v) is 6.31. The molecule has 2 fully saturated rings. The molecular weight excluding hydrogens is 258 g/mol. The first-order chi connectivity index (χ1) is 9.74. The van der Waals surface area contributed by atoms with Gasteiger partial charge in [0, 0.05) is 0 Å². The first-order valence-electron chi connectivity index (χ1n) is 7.83. The van der Waals surface area contributed by atoms with E-state index in [1.54, 1.807) is 12.1 Å². The van der Waals surface area contributed by atoms with Crippen molar-refractivity contribution < 1.29 is 13.5 Å². The van der Waals surface area contributed by atoms with Crippen molar-refractivity contribution in [3.63, 3.8) is 0 Å². The third-order valence-electron chi connectivity index (χ3n) is 4.81. The maximum absolute atomic E-state index is 14.1. The highest BCUT2D eigenvalue weighted by Gasteiger charge is 2.22. The maximum Gasteiger partial charge on any atom is 0.200 e. The third kappa shape index (κ3) is 2.97. The smallest absolute Gasteiger partial charge is 0.200 e. The first-order valence-corrected chi connectivity index (χ1v) is 7.83. The Labute approximate surface area is 119 Å². The Morgan fingerprint density at radius 3 is 2.25 bits per heavy atom. The number of halogens is 2. The van der Waals surface area contributed by atoms with Crippen LogP contribution >= 0.6 is 0 Å². The standard InChI is InChI=1S/C17H22F2O/c18-16-14(10-12-4-1-2-5-12)8-9-15(17(16)19)20-11-13-6-3-7-13/h8-9,12-13H,1-7,10-11H2. The molecule has 3 rings (SSSR count). The van der Waals surface area contributed by atoms with Gasteiger partial charge < -0.3 is 4.74 Å². The van der Waals surface area contributed by atoms with Gasteiger partial charge >= 0.3 is 0 Å². The fourth-order valence-electron chi connectivity index (χ4n) is 3.23. The molecule has 0 amide bonds. The SMILES string of the molecule is Fc1c(CC2CCCC2)ccc(OCC2CCC2)c1F. The molecule has 0 radical (unpaired) electrons. The molecule has 20 heavy (non-hydrogen) atoms. The molecule has 0 unspecified atom stereocenters. The minimum atomic E-state index is -0.806. The number of ether oxygens (including phenoxy) is 1. The molecule has 0 heterocycles. The van der Waals surface area contributed by atoms with Gasteiger partial charge in [-0.05, 0) is 42.7 Å². The Morgan fingerprint density at radius 1 is 0.900 bits per heavy atom. The van der Waals surface area contributed by atoms with Gasteiger partial charge in [0.25, 0.3) is 0 Å². The molecule has 0 aliphatic heterocycles. The molecule has 0 atom stereocenters. The van der Waals surface area contributed by atoms with Crippen LogP contribution in [0.1, 0.15) is 50.5 Å². The van der Waals surface area contributed by atoms with Gasteiger partial charge in [0.1, 0.15) is 0 Å². The second-order valence-electron chi connectivity index (χ2n) is 6.31. The van der Waals surface area contributed by atoms with Crippen LogP contribution in [-0.2, 0) is 6.42 Å². The van der Waals surface area contributed by atoms with Crippen molar-refractivity contribution in [3.8, 4) is 5.75 Å². The summed E-state index contributed by atoms with van der Waals surface area (Å²) in [6.07, 6.45) is 8.89. The number of hydrogen-bond acceptors (Lipinski definition) is 1. The second kappa shape index (κ2) is 6.11. The lowest BCUT2D eigenvalue weighted by Gasteiger charge is -2.25. The third-order valence-corrected chi connectivity index (χ3v) is 4.81. The lowest BCUT2D eigenvalue weighted by Crippen LogP contribution is -2.19. The van der Waals surface area contributed by atoms with Crippen molar-refractivity contribution in [1.82, 2.24) is 0 Å². The largest absolute Gasteiger partial charge is 0.490 e. The highest BCUT2D eigenvalue weighted by molar-refractivity contribution is 5.31. The molecule has 1 nitrogen and oxygen atoms in total. The molecule has 3 heteroatoms. The Kier molecular flexibility index (Phi) is 4.23. The topological polar surface area (TPSA) is 9.23 Å². The Hall–Kier alpha value is -1.12. The fourth-order valence-corrected chi connectivity index (χ4v) is 3.23. The molecule has 2 aliphatic rings. The molecule has 110 valence electrons. The monoisotopic (exact) mass is 280 g/mol. The predicted molar refractivity (Wildman–Crippen MR) is 74.9 cm³/mol. The first kappa shape index (κ1) is 13.8. The van der Waals surface area contributed by atoms with E-state index in [1.165, 1.54) is 19.3 Å². The molecule has 1 aromatic carbocycles. The van der Waals surface area contributed by atoms with Crippen LogP contribution in [-0.4, -0.2) is 6.61 Å². The summed E-state index contributed by atoms with van der Waals surface area (Å²) in [5, 5.41) is 0. The normalized spacial score (nSPS) is 20.1. The van der Waals surface area contributed by atoms with E-state index in [0.717, 1.165) is 25.7 Å². The van der Waals surface area contributed by atoms with E-state index in [9.17, 15) is 8.78 Å². The van der Waals surface area contributed by atoms with Crippen molar-refractivity contribution in [2.45, 2.75) is 51.4 Å². The highest BCUT2D eigenvalue weighted by atomic mass is 19.2. The lowest BCUT2D eigenvalue weighted by molar-refractivity contribution is 0.174. The van der Waals surface area contributed by atoms with Gasteiger partial charge in [0.05, 0.1) is 6.61 Å². The molecule has 0 spiro atoms. The van der Waals surface area contributed by atoms with E-state index < -0.39 is 11.6 Å². The number of benzene rings is 1. The minimum absolute atomic E-state index is 0.0737. The average Bonchev–Trinajstić information content (AvgIpc) is 2.89. The number of hydrogen-bond donors (Lipinski definition) is 0. The van der Waals surface area contributed by atoms with E-state index in [4.69, 9.17) is 4.74 Å². The molecule has 0 bridgehead atoms. The molecule has 2 aliphatic carbocycles. The Balaban J connectivity index is 1.65.